The van der Waals surface area contributed by atoms with Gasteiger partial charge in [-0.05, 0) is 37.8 Å². The van der Waals surface area contributed by atoms with Crippen LogP contribution < -0.4 is 11.1 Å². The van der Waals surface area contributed by atoms with Crippen molar-refractivity contribution in [3.8, 4) is 11.5 Å². The van der Waals surface area contributed by atoms with Crippen molar-refractivity contribution in [1.82, 2.24) is 0 Å². The molecule has 0 aliphatic carbocycles. The highest BCUT2D eigenvalue weighted by molar-refractivity contribution is 6.04. The number of aliphatic hydroxyl groups is 1. The molecule has 0 radical (unpaired) electrons. The quantitative estimate of drug-likeness (QED) is 0.213. The summed E-state index contributed by atoms with van der Waals surface area (Å²) >= 11 is 0. The summed E-state index contributed by atoms with van der Waals surface area (Å²) in [7, 11) is 3.12. The van der Waals surface area contributed by atoms with Gasteiger partial charge in [-0.15, -0.1) is 0 Å². The van der Waals surface area contributed by atoms with Crippen molar-refractivity contribution in [2.75, 3.05) is 19.5 Å². The Balaban J connectivity index is 2.63. The van der Waals surface area contributed by atoms with E-state index in [1.54, 1.807) is 46.3 Å². The molecule has 0 aromatic heterocycles. The number of anilines is 1. The highest BCUT2D eigenvalue weighted by Crippen LogP contribution is 2.40. The summed E-state index contributed by atoms with van der Waals surface area (Å²) in [6, 6.07) is 2.48. The Kier molecular flexibility index (Phi) is 11.6. The van der Waals surface area contributed by atoms with Crippen molar-refractivity contribution >= 4 is 17.7 Å². The molecule has 2 amide bonds. The average molecular weight is 547 g/mol. The van der Waals surface area contributed by atoms with E-state index in [0.29, 0.717) is 12.0 Å². The lowest BCUT2D eigenvalue weighted by atomic mass is 9.86. The normalized spacial score (nSPS) is 32.7. The number of allylic oxidation sites excluding steroid dienone is 2. The number of primary amides is 1. The Labute approximate surface area is 230 Å². The van der Waals surface area contributed by atoms with Crippen LogP contribution in [0, 0.1) is 17.8 Å². The van der Waals surface area contributed by atoms with Crippen molar-refractivity contribution in [2.45, 2.75) is 65.5 Å². The molecule has 1 aliphatic rings. The van der Waals surface area contributed by atoms with Gasteiger partial charge >= 0.3 is 6.09 Å². The molecule has 1 heterocycles. The first-order valence-electron chi connectivity index (χ1n) is 12.9. The Morgan fingerprint density at radius 3 is 2.33 bits per heavy atom. The van der Waals surface area contributed by atoms with Crippen LogP contribution in [0.25, 0.3) is 0 Å². The van der Waals surface area contributed by atoms with E-state index >= 15 is 0 Å². The third kappa shape index (κ3) is 8.32. The van der Waals surface area contributed by atoms with Gasteiger partial charge in [0.2, 0.25) is 0 Å². The number of hydrogen-bond acceptors (Lipinski definition) is 8. The number of carbonyl (C=O) groups is 2. The first-order chi connectivity index (χ1) is 18.3. The Bertz CT molecular complexity index is 1110. The molecule has 7 atom stereocenters. The minimum atomic E-state index is -1.19. The van der Waals surface area contributed by atoms with Crippen LogP contribution >= 0.6 is 0 Å². The molecule has 1 aromatic carbocycles. The van der Waals surface area contributed by atoms with Crippen LogP contribution in [-0.2, 0) is 19.0 Å². The zero-order valence-corrected chi connectivity index (χ0v) is 23.7. The van der Waals surface area contributed by atoms with E-state index in [-0.39, 0.29) is 34.6 Å². The molecule has 6 N–H and O–H groups in total. The number of ether oxygens (including phenoxy) is 3. The smallest absolute Gasteiger partial charge is 0.405 e. The van der Waals surface area contributed by atoms with E-state index < -0.39 is 42.3 Å². The number of benzene rings is 1. The van der Waals surface area contributed by atoms with Gasteiger partial charge in [0.15, 0.2) is 0 Å². The van der Waals surface area contributed by atoms with Crippen LogP contribution in [0.4, 0.5) is 10.5 Å². The van der Waals surface area contributed by atoms with Gasteiger partial charge in [0.25, 0.3) is 5.91 Å². The van der Waals surface area contributed by atoms with Gasteiger partial charge < -0.3 is 40.6 Å². The molecule has 10 nitrogen and oxygen atoms in total. The standard InChI is InChI=1S/C29H42N2O8/c1-15-9-8-10-16(2)28(35)31-22-14-20(32)13-21(25(22)34)24(33)17(3)12-23(37-6)27(38-7)19(5)11-18(4)26(15)39-29(30)36/h8-11,13-15,17,19,23-24,26-27,32-34H,12H2,1-7H3,(H2,30,36)(H,31,35)/b9-8-,16-10+,18-11+/t15-,17-,19-,23-,24+,26+,27?/m0/s1. The van der Waals surface area contributed by atoms with E-state index in [0.717, 1.165) is 5.57 Å². The molecule has 1 aliphatic heterocycles. The Morgan fingerprint density at radius 2 is 1.74 bits per heavy atom. The van der Waals surface area contributed by atoms with Crippen LogP contribution in [-0.4, -0.2) is 59.9 Å². The Morgan fingerprint density at radius 1 is 1.08 bits per heavy atom. The van der Waals surface area contributed by atoms with Crippen LogP contribution in [0.2, 0.25) is 0 Å². The molecule has 0 spiro atoms. The summed E-state index contributed by atoms with van der Waals surface area (Å²) in [6.45, 7) is 9.03. The van der Waals surface area contributed by atoms with Gasteiger partial charge in [0, 0.05) is 43.3 Å². The van der Waals surface area contributed by atoms with Crippen LogP contribution in [0.3, 0.4) is 0 Å². The molecule has 0 fully saturated rings. The molecule has 0 saturated carbocycles. The number of nitrogens with two attached hydrogens (primary N) is 1. The zero-order chi connectivity index (χ0) is 29.4. The number of phenolic OH excluding ortho intramolecular Hbond substituents is 2. The second-order valence-corrected chi connectivity index (χ2v) is 10.2. The first-order valence-corrected chi connectivity index (χ1v) is 12.9. The summed E-state index contributed by atoms with van der Waals surface area (Å²) in [5.74, 6) is -2.00. The summed E-state index contributed by atoms with van der Waals surface area (Å²) in [5.41, 5.74) is 6.47. The van der Waals surface area contributed by atoms with Gasteiger partial charge in [0.1, 0.15) is 17.6 Å². The number of fused-ring (bicyclic) bond motifs is 2. The second-order valence-electron chi connectivity index (χ2n) is 10.2. The maximum absolute atomic E-state index is 12.8. The average Bonchev–Trinajstić information content (AvgIpc) is 2.87. The number of amides is 2. The summed E-state index contributed by atoms with van der Waals surface area (Å²) in [4.78, 5) is 24.5. The Hall–Kier alpha value is -3.34. The number of hydrogen-bond donors (Lipinski definition) is 5. The number of methoxy groups -OCH3 is 2. The summed E-state index contributed by atoms with van der Waals surface area (Å²) < 4.78 is 17.0. The van der Waals surface area contributed by atoms with Crippen molar-refractivity contribution in [3.63, 3.8) is 0 Å². The fraction of sp³-hybridized carbons (Fsp3) is 0.517. The maximum atomic E-state index is 12.8. The van der Waals surface area contributed by atoms with Crippen LogP contribution in [0.5, 0.6) is 11.5 Å². The van der Waals surface area contributed by atoms with Gasteiger partial charge in [-0.25, -0.2) is 4.79 Å². The SMILES string of the molecule is COC1[C@@H](OC)C[C@H](C)[C@@H](O)c2cc(O)cc(c2O)NC(=O)/C(C)=C/C=C\[C@H](C)[C@@H](OC(N)=O)/C(C)=C/[C@@H]1C. The molecule has 39 heavy (non-hydrogen) atoms. The number of phenols is 2. The molecule has 1 unspecified atom stereocenters. The van der Waals surface area contributed by atoms with E-state index in [9.17, 15) is 24.9 Å². The topological polar surface area (TPSA) is 161 Å². The maximum Gasteiger partial charge on any atom is 0.405 e. The lowest BCUT2D eigenvalue weighted by molar-refractivity contribution is -0.112. The predicted octanol–water partition coefficient (Wildman–Crippen LogP) is 4.32. The van der Waals surface area contributed by atoms with Gasteiger partial charge in [-0.2, -0.15) is 0 Å². The third-order valence-electron chi connectivity index (χ3n) is 7.11. The molecule has 0 saturated heterocycles. The molecular weight excluding hydrogens is 504 g/mol. The molecule has 216 valence electrons. The van der Waals surface area contributed by atoms with Gasteiger partial charge in [0.05, 0.1) is 24.0 Å². The lowest BCUT2D eigenvalue weighted by Crippen LogP contribution is -2.37. The number of aromatic hydroxyl groups is 2. The van der Waals surface area contributed by atoms with Crippen molar-refractivity contribution < 1.29 is 39.1 Å². The molecule has 2 bridgehead atoms. The number of rotatable bonds is 3. The number of nitrogens with one attached hydrogen (secondary N) is 1. The van der Waals surface area contributed by atoms with E-state index in [2.05, 4.69) is 5.32 Å². The predicted molar refractivity (Wildman–Crippen MR) is 148 cm³/mol. The summed E-state index contributed by atoms with van der Waals surface area (Å²) in [6.07, 6.45) is 3.66. The van der Waals surface area contributed by atoms with E-state index in [4.69, 9.17) is 19.9 Å². The van der Waals surface area contributed by atoms with E-state index in [1.165, 1.54) is 12.1 Å². The van der Waals surface area contributed by atoms with Crippen LogP contribution in [0.15, 0.2) is 47.6 Å². The van der Waals surface area contributed by atoms with Crippen molar-refractivity contribution in [3.05, 3.63) is 53.1 Å². The molecule has 1 aromatic rings. The third-order valence-corrected chi connectivity index (χ3v) is 7.11. The summed E-state index contributed by atoms with van der Waals surface area (Å²) in [5, 5.41) is 34.9. The lowest BCUT2D eigenvalue weighted by Gasteiger charge is -2.32. The fourth-order valence-electron chi connectivity index (χ4n) is 4.95. The van der Waals surface area contributed by atoms with E-state index in [1.807, 2.05) is 26.8 Å². The molecular formula is C29H42N2O8. The first kappa shape index (κ1) is 31.9. The van der Waals surface area contributed by atoms with Crippen molar-refractivity contribution in [1.29, 1.82) is 0 Å². The minimum Gasteiger partial charge on any atom is -0.508 e. The largest absolute Gasteiger partial charge is 0.508 e. The van der Waals surface area contributed by atoms with Gasteiger partial charge in [-0.3, -0.25) is 4.79 Å². The van der Waals surface area contributed by atoms with Crippen molar-refractivity contribution in [2.24, 2.45) is 23.5 Å². The monoisotopic (exact) mass is 546 g/mol. The number of carbonyl (C=O) groups excluding carboxylic acids is 2. The molecule has 2 rings (SSSR count). The molecule has 10 heteroatoms. The zero-order valence-electron chi connectivity index (χ0n) is 23.7. The van der Waals surface area contributed by atoms with Crippen LogP contribution in [0.1, 0.15) is 52.7 Å². The highest BCUT2D eigenvalue weighted by atomic mass is 16.6. The second kappa shape index (κ2) is 14.2. The number of aliphatic hydroxyl groups excluding tert-OH is 1. The highest BCUT2D eigenvalue weighted by Gasteiger charge is 2.32. The fourth-order valence-corrected chi connectivity index (χ4v) is 4.95. The minimum absolute atomic E-state index is 0.0364. The van der Waals surface area contributed by atoms with Gasteiger partial charge in [-0.1, -0.05) is 45.1 Å².